The normalized spacial score (nSPS) is 16.4. The van der Waals surface area contributed by atoms with Crippen LogP contribution in [0.25, 0.3) is 0 Å². The molecule has 0 aliphatic carbocycles. The number of halogens is 4. The van der Waals surface area contributed by atoms with Crippen molar-refractivity contribution in [1.29, 1.82) is 0 Å². The lowest BCUT2D eigenvalue weighted by molar-refractivity contribution is -0.290. The molecule has 2 aliphatic rings. The van der Waals surface area contributed by atoms with Gasteiger partial charge in [0.05, 0.1) is 62.6 Å². The number of nitrogens with zero attached hydrogens (tertiary/aromatic N) is 2. The Morgan fingerprint density at radius 2 is 1.00 bits per heavy atom. The summed E-state index contributed by atoms with van der Waals surface area (Å²) in [5.41, 5.74) is 5.71. The van der Waals surface area contributed by atoms with E-state index >= 15 is 0 Å². The molecule has 4 aromatic rings. The van der Waals surface area contributed by atoms with Gasteiger partial charge in [0.15, 0.2) is 11.6 Å². The molecule has 2 atom stereocenters. The molecule has 0 radical (unpaired) electrons. The van der Waals surface area contributed by atoms with Crippen molar-refractivity contribution in [3.05, 3.63) is 126 Å². The highest BCUT2D eigenvalue weighted by Gasteiger charge is 2.31. The number of hydrogen-bond donors (Lipinski definition) is 4. The lowest BCUT2D eigenvalue weighted by Crippen LogP contribution is -2.34. The first-order chi connectivity index (χ1) is 34.0. The van der Waals surface area contributed by atoms with Gasteiger partial charge in [0.1, 0.15) is 13.2 Å². The van der Waals surface area contributed by atoms with E-state index in [0.717, 1.165) is 33.4 Å². The molecule has 17 nitrogen and oxygen atoms in total. The third-order valence-corrected chi connectivity index (χ3v) is 15.6. The smallest absolute Gasteiger partial charge is 0.246 e. The molecule has 0 spiro atoms. The fraction of sp³-hybridized carbons (Fsp3) is 0.458. The van der Waals surface area contributed by atoms with Gasteiger partial charge in [-0.05, 0) is 84.4 Å². The van der Waals surface area contributed by atoms with Crippen LogP contribution in [0.5, 0.6) is 0 Å². The summed E-state index contributed by atoms with van der Waals surface area (Å²) in [6, 6.07) is 21.1. The molecule has 2 heterocycles. The summed E-state index contributed by atoms with van der Waals surface area (Å²) >= 11 is 24.7. The van der Waals surface area contributed by atoms with Crippen molar-refractivity contribution >= 4 is 66.7 Å². The van der Waals surface area contributed by atoms with Gasteiger partial charge in [0, 0.05) is 90.9 Å². The SMILES string of the molecule is CN1Cc2c(Cl)cc(Cl)cc2C(c2cccc(S(=O)(=O)NCCOCCOCCNC(=O)COCC(=O)NCCOCCOCCNS(=O)(=O)c3cccc(C4CN(C)Cc5c([ClH+])cc(Cl)cc54)c3)c2)C1. The fourth-order valence-corrected chi connectivity index (χ4v) is 11.5. The highest BCUT2D eigenvalue weighted by atomic mass is 35.5. The molecule has 0 saturated heterocycles. The first-order valence-corrected chi connectivity index (χ1v) is 27.5. The van der Waals surface area contributed by atoms with Crippen LogP contribution >= 0.6 is 34.8 Å². The predicted molar refractivity (Wildman–Crippen MR) is 268 cm³/mol. The number of amides is 2. The van der Waals surface area contributed by atoms with Gasteiger partial charge >= 0.3 is 0 Å². The molecule has 4 N–H and O–H groups in total. The van der Waals surface area contributed by atoms with Crippen LogP contribution in [0.15, 0.2) is 82.6 Å². The molecule has 2 aliphatic heterocycles. The van der Waals surface area contributed by atoms with Crippen LogP contribution < -0.4 is 20.1 Å². The predicted octanol–water partition coefficient (Wildman–Crippen LogP) is 4.07. The Labute approximate surface area is 436 Å². The van der Waals surface area contributed by atoms with Gasteiger partial charge < -0.3 is 44.1 Å². The van der Waals surface area contributed by atoms with E-state index in [1.807, 2.05) is 38.4 Å². The van der Waals surface area contributed by atoms with E-state index < -0.39 is 31.9 Å². The van der Waals surface area contributed by atoms with Crippen LogP contribution in [0.4, 0.5) is 0 Å². The van der Waals surface area contributed by atoms with Gasteiger partial charge in [0.2, 0.25) is 36.9 Å². The highest BCUT2D eigenvalue weighted by Crippen LogP contribution is 2.40. The summed E-state index contributed by atoms with van der Waals surface area (Å²) in [5.74, 6) is -1.03. The average molecular weight is 1100 g/mol. The van der Waals surface area contributed by atoms with Crippen LogP contribution in [0, 0.1) is 11.6 Å². The van der Waals surface area contributed by atoms with E-state index in [1.54, 1.807) is 48.5 Å². The van der Waals surface area contributed by atoms with Crippen LogP contribution in [-0.2, 0) is 66.4 Å². The van der Waals surface area contributed by atoms with E-state index in [1.165, 1.54) is 0 Å². The van der Waals surface area contributed by atoms with E-state index in [4.69, 9.17) is 70.1 Å². The molecule has 2 unspecified atom stereocenters. The largest absolute Gasteiger partial charge is 0.378 e. The van der Waals surface area contributed by atoms with Crippen molar-refractivity contribution in [3.63, 3.8) is 0 Å². The van der Waals surface area contributed by atoms with Crippen LogP contribution in [0.1, 0.15) is 45.2 Å². The number of sulfonamides is 2. The molecule has 388 valence electrons. The number of rotatable bonds is 28. The number of benzene rings is 4. The monoisotopic (exact) mass is 1100 g/mol. The number of fused-ring (bicyclic) bond motifs is 2. The summed E-state index contributed by atoms with van der Waals surface area (Å²) < 4.78 is 84.8. The lowest BCUT2D eigenvalue weighted by Gasteiger charge is -2.33. The Kier molecular flexibility index (Phi) is 22.2. The molecule has 6 rings (SSSR count). The van der Waals surface area contributed by atoms with Gasteiger partial charge in [-0.1, -0.05) is 59.1 Å². The third-order valence-electron chi connectivity index (χ3n) is 11.6. The Balaban J connectivity index is 0.733. The molecule has 71 heavy (non-hydrogen) atoms. The Morgan fingerprint density at radius 1 is 0.577 bits per heavy atom. The quantitative estimate of drug-likeness (QED) is 0.0594. The number of hydrogen-bond acceptors (Lipinski definition) is 13. The minimum Gasteiger partial charge on any atom is -0.378 e. The average Bonchev–Trinajstić information content (AvgIpc) is 3.33. The Morgan fingerprint density at radius 3 is 1.48 bits per heavy atom. The van der Waals surface area contributed by atoms with Crippen LogP contribution in [0.3, 0.4) is 0 Å². The van der Waals surface area contributed by atoms with Crippen LogP contribution in [0.2, 0.25) is 20.1 Å². The number of carbonyl (C=O) groups excluding carboxylic acids is 2. The zero-order chi connectivity index (χ0) is 51.0. The van der Waals surface area contributed by atoms with E-state index in [2.05, 4.69) is 29.9 Å². The summed E-state index contributed by atoms with van der Waals surface area (Å²) in [5, 5.41) is 7.64. The third kappa shape index (κ3) is 17.3. The van der Waals surface area contributed by atoms with Crippen molar-refractivity contribution < 1.29 is 61.7 Å². The van der Waals surface area contributed by atoms with Gasteiger partial charge in [-0.3, -0.25) is 9.59 Å². The molecule has 0 bridgehead atoms. The summed E-state index contributed by atoms with van der Waals surface area (Å²) in [4.78, 5) is 28.8. The maximum Gasteiger partial charge on any atom is 0.246 e. The van der Waals surface area contributed by atoms with E-state index in [-0.39, 0.29) is 114 Å². The van der Waals surface area contributed by atoms with Crippen molar-refractivity contribution in [2.24, 2.45) is 0 Å². The Bertz CT molecular complexity index is 2490. The van der Waals surface area contributed by atoms with Crippen molar-refractivity contribution in [2.75, 3.05) is 119 Å². The minimum atomic E-state index is -3.81. The van der Waals surface area contributed by atoms with Gasteiger partial charge in [0.25, 0.3) is 0 Å². The Hall–Kier alpha value is -3.48. The second kappa shape index (κ2) is 27.7. The zero-order valence-corrected chi connectivity index (χ0v) is 44.3. The molecule has 2 amide bonds. The molecule has 0 fully saturated rings. The van der Waals surface area contributed by atoms with E-state index in [9.17, 15) is 26.4 Å². The molecule has 23 heteroatoms. The van der Waals surface area contributed by atoms with E-state index in [0.29, 0.717) is 46.3 Å². The summed E-state index contributed by atoms with van der Waals surface area (Å²) in [6.45, 7) is 4.25. The molecule has 0 saturated carbocycles. The maximum absolute atomic E-state index is 13.1. The minimum absolute atomic E-state index is 0.0604. The number of nitrogens with one attached hydrogen (secondary N) is 4. The van der Waals surface area contributed by atoms with Gasteiger partial charge in [-0.2, -0.15) is 0 Å². The number of carbonyl (C=O) groups is 2. The standard InChI is InChI=1S/C48H60Cl4N6O11S2/c1-57-27-41(39-23-35(49)25-45(51)43(39)29-57)33-5-3-7-37(21-33)70(61,62)55-11-15-67-19-17-65-13-9-53-47(59)31-69-32-48(60)54-10-14-66-18-20-68-16-12-56-71(63,64)38-8-4-6-34(22-38)42-28-58(2)30-44-40(42)24-36(50)26-46(44)52/h3-8,21-26,41-42,51,55-56H,9-20,27-32H2,1-2H3,(H-,53,54,59,60)/p+1. The lowest BCUT2D eigenvalue weighted by atomic mass is 9.85. The molecular weight excluding hydrogens is 1040 g/mol. The van der Waals surface area contributed by atoms with Crippen molar-refractivity contribution in [2.45, 2.75) is 34.7 Å². The second-order valence-electron chi connectivity index (χ2n) is 17.0. The van der Waals surface area contributed by atoms with Crippen LogP contribution in [-0.4, -0.2) is 158 Å². The molecular formula is C48H61Cl4N6O11S2+. The van der Waals surface area contributed by atoms with Gasteiger partial charge in [-0.15, -0.1) is 0 Å². The maximum atomic E-state index is 13.1. The van der Waals surface area contributed by atoms with Gasteiger partial charge in [-0.25, -0.2) is 26.3 Å². The van der Waals surface area contributed by atoms with Crippen molar-refractivity contribution in [3.8, 4) is 0 Å². The topological polar surface area (TPSA) is 203 Å². The molecule has 0 aromatic heterocycles. The fourth-order valence-electron chi connectivity index (χ4n) is 8.24. The number of likely N-dealkylation sites (N-methyl/N-ethyl adjacent to an activating group) is 2. The second-order valence-corrected chi connectivity index (χ2v) is 22.3. The summed E-state index contributed by atoms with van der Waals surface area (Å²) in [6.07, 6.45) is 0. The molecule has 4 aromatic carbocycles. The highest BCUT2D eigenvalue weighted by molar-refractivity contribution is 7.89. The van der Waals surface area contributed by atoms with Crippen molar-refractivity contribution in [1.82, 2.24) is 29.9 Å². The first kappa shape index (κ1) is 56.8. The number of ether oxygens (including phenoxy) is 5. The zero-order valence-electron chi connectivity index (χ0n) is 39.6. The first-order valence-electron chi connectivity index (χ1n) is 23.0. The summed E-state index contributed by atoms with van der Waals surface area (Å²) in [7, 11) is -3.61.